The summed E-state index contributed by atoms with van der Waals surface area (Å²) in [6, 6.07) is 14.6. The Balaban J connectivity index is 2.04. The largest absolute Gasteiger partial charge is 0.507 e. The standard InChI is InChI=1S/C28H35NO4/c1-18(2)33-17-7-16-29-24(20-12-14-22(15-13-20)28(4,5)6)23(26(31)27(29)32)25(30)21-10-8-19(3)9-11-21/h8-15,18,24,30H,7,16-17H2,1-6H3/b25-23-. The molecule has 1 fully saturated rings. The van der Waals surface area contributed by atoms with E-state index in [-0.39, 0.29) is 22.9 Å². The highest BCUT2D eigenvalue weighted by Gasteiger charge is 2.45. The molecule has 1 atom stereocenters. The quantitative estimate of drug-likeness (QED) is 0.261. The minimum Gasteiger partial charge on any atom is -0.507 e. The smallest absolute Gasteiger partial charge is 0.295 e. The summed E-state index contributed by atoms with van der Waals surface area (Å²) in [5.74, 6) is -1.37. The van der Waals surface area contributed by atoms with Crippen molar-refractivity contribution >= 4 is 17.4 Å². The predicted molar refractivity (Wildman–Crippen MR) is 131 cm³/mol. The van der Waals surface area contributed by atoms with Gasteiger partial charge in [-0.2, -0.15) is 0 Å². The van der Waals surface area contributed by atoms with Gasteiger partial charge in [-0.1, -0.05) is 74.9 Å². The van der Waals surface area contributed by atoms with Gasteiger partial charge in [0.1, 0.15) is 5.76 Å². The molecule has 5 heteroatoms. The van der Waals surface area contributed by atoms with Crippen LogP contribution in [-0.4, -0.2) is 41.0 Å². The summed E-state index contributed by atoms with van der Waals surface area (Å²) in [4.78, 5) is 27.7. The maximum Gasteiger partial charge on any atom is 0.295 e. The molecule has 0 radical (unpaired) electrons. The van der Waals surface area contributed by atoms with E-state index in [0.29, 0.717) is 25.1 Å². The molecule has 1 amide bonds. The molecular formula is C28H35NO4. The molecule has 2 aromatic rings. The van der Waals surface area contributed by atoms with Gasteiger partial charge in [0.05, 0.1) is 17.7 Å². The Morgan fingerprint density at radius 3 is 2.18 bits per heavy atom. The number of ether oxygens (including phenoxy) is 1. The first-order valence-electron chi connectivity index (χ1n) is 11.6. The van der Waals surface area contributed by atoms with Crippen LogP contribution in [0, 0.1) is 6.92 Å². The number of aliphatic hydroxyl groups excluding tert-OH is 1. The molecular weight excluding hydrogens is 414 g/mol. The molecule has 0 aliphatic carbocycles. The molecule has 3 rings (SSSR count). The second kappa shape index (κ2) is 9.92. The summed E-state index contributed by atoms with van der Waals surface area (Å²) in [5.41, 5.74) is 3.66. The number of amides is 1. The van der Waals surface area contributed by atoms with E-state index in [1.54, 1.807) is 17.0 Å². The first kappa shape index (κ1) is 24.7. The van der Waals surface area contributed by atoms with E-state index in [2.05, 4.69) is 20.8 Å². The summed E-state index contributed by atoms with van der Waals surface area (Å²) in [7, 11) is 0. The molecule has 1 saturated heterocycles. The normalized spacial score (nSPS) is 18.4. The molecule has 0 aromatic heterocycles. The van der Waals surface area contributed by atoms with E-state index >= 15 is 0 Å². The zero-order valence-electron chi connectivity index (χ0n) is 20.5. The Bertz CT molecular complexity index is 1030. The molecule has 5 nitrogen and oxygen atoms in total. The highest BCUT2D eigenvalue weighted by molar-refractivity contribution is 6.46. The van der Waals surface area contributed by atoms with E-state index < -0.39 is 17.7 Å². The second-order valence-corrected chi connectivity index (χ2v) is 10.0. The lowest BCUT2D eigenvalue weighted by molar-refractivity contribution is -0.140. The number of carbonyl (C=O) groups is 2. The topological polar surface area (TPSA) is 66.8 Å². The van der Waals surface area contributed by atoms with Crippen molar-refractivity contribution in [2.24, 2.45) is 0 Å². The zero-order valence-corrected chi connectivity index (χ0v) is 20.5. The number of hydrogen-bond donors (Lipinski definition) is 1. The molecule has 2 aromatic carbocycles. The third kappa shape index (κ3) is 5.53. The van der Waals surface area contributed by atoms with Gasteiger partial charge in [0.25, 0.3) is 11.7 Å². The fraction of sp³-hybridized carbons (Fsp3) is 0.429. The Morgan fingerprint density at radius 1 is 1.03 bits per heavy atom. The van der Waals surface area contributed by atoms with Gasteiger partial charge in [-0.25, -0.2) is 0 Å². The van der Waals surface area contributed by atoms with Crippen LogP contribution >= 0.6 is 0 Å². The van der Waals surface area contributed by atoms with Gasteiger partial charge in [0, 0.05) is 18.7 Å². The van der Waals surface area contributed by atoms with E-state index in [4.69, 9.17) is 4.74 Å². The molecule has 33 heavy (non-hydrogen) atoms. The van der Waals surface area contributed by atoms with Gasteiger partial charge in [0.15, 0.2) is 0 Å². The summed E-state index contributed by atoms with van der Waals surface area (Å²) in [5, 5.41) is 11.1. The fourth-order valence-corrected chi connectivity index (χ4v) is 4.04. The van der Waals surface area contributed by atoms with Gasteiger partial charge in [0.2, 0.25) is 0 Å². The van der Waals surface area contributed by atoms with Crippen LogP contribution in [0.4, 0.5) is 0 Å². The number of hydrogen-bond acceptors (Lipinski definition) is 4. The van der Waals surface area contributed by atoms with Crippen LogP contribution < -0.4 is 0 Å². The summed E-state index contributed by atoms with van der Waals surface area (Å²) in [6.45, 7) is 13.2. The van der Waals surface area contributed by atoms with Gasteiger partial charge in [-0.3, -0.25) is 9.59 Å². The minimum absolute atomic E-state index is 0.0174. The average Bonchev–Trinajstić information content (AvgIpc) is 3.01. The van der Waals surface area contributed by atoms with Crippen LogP contribution in [0.3, 0.4) is 0 Å². The number of aryl methyl sites for hydroxylation is 1. The molecule has 1 heterocycles. The molecule has 1 unspecified atom stereocenters. The summed E-state index contributed by atoms with van der Waals surface area (Å²) < 4.78 is 5.63. The molecule has 1 aliphatic rings. The van der Waals surface area contributed by atoms with Crippen LogP contribution in [0.2, 0.25) is 0 Å². The van der Waals surface area contributed by atoms with E-state index in [1.807, 2.05) is 57.2 Å². The van der Waals surface area contributed by atoms with Gasteiger partial charge in [-0.15, -0.1) is 0 Å². The predicted octanol–water partition coefficient (Wildman–Crippen LogP) is 5.53. The van der Waals surface area contributed by atoms with Crippen molar-refractivity contribution in [3.8, 4) is 0 Å². The number of rotatable bonds is 7. The maximum atomic E-state index is 13.1. The molecule has 1 N–H and O–H groups in total. The Hall–Kier alpha value is -2.92. The fourth-order valence-electron chi connectivity index (χ4n) is 4.04. The second-order valence-electron chi connectivity index (χ2n) is 10.0. The van der Waals surface area contributed by atoms with E-state index in [1.165, 1.54) is 0 Å². The molecule has 176 valence electrons. The van der Waals surface area contributed by atoms with Crippen molar-refractivity contribution in [2.45, 2.75) is 65.5 Å². The van der Waals surface area contributed by atoms with Crippen molar-refractivity contribution in [3.05, 3.63) is 76.4 Å². The van der Waals surface area contributed by atoms with Crippen molar-refractivity contribution in [2.75, 3.05) is 13.2 Å². The number of likely N-dealkylation sites (tertiary alicyclic amines) is 1. The lowest BCUT2D eigenvalue weighted by atomic mass is 9.85. The van der Waals surface area contributed by atoms with Crippen LogP contribution in [0.5, 0.6) is 0 Å². The Labute approximate surface area is 197 Å². The molecule has 1 aliphatic heterocycles. The van der Waals surface area contributed by atoms with Crippen molar-refractivity contribution in [1.82, 2.24) is 4.90 Å². The van der Waals surface area contributed by atoms with E-state index in [0.717, 1.165) is 16.7 Å². The maximum absolute atomic E-state index is 13.1. The van der Waals surface area contributed by atoms with Crippen LogP contribution in [0.15, 0.2) is 54.1 Å². The number of ketones is 1. The highest BCUT2D eigenvalue weighted by Crippen LogP contribution is 2.40. The molecule has 0 spiro atoms. The molecule has 0 saturated carbocycles. The highest BCUT2D eigenvalue weighted by atomic mass is 16.5. The number of carbonyl (C=O) groups excluding carboxylic acids is 2. The van der Waals surface area contributed by atoms with Crippen molar-refractivity contribution < 1.29 is 19.4 Å². The van der Waals surface area contributed by atoms with Crippen LogP contribution in [0.1, 0.15) is 69.3 Å². The number of aliphatic hydroxyl groups is 1. The third-order valence-corrected chi connectivity index (χ3v) is 5.95. The SMILES string of the molecule is Cc1ccc(/C(O)=C2/C(=O)C(=O)N(CCCOC(C)C)C2c2ccc(C(C)(C)C)cc2)cc1. The number of nitrogens with zero attached hydrogens (tertiary/aromatic N) is 1. The summed E-state index contributed by atoms with van der Waals surface area (Å²) in [6.07, 6.45) is 0.703. The average molecular weight is 450 g/mol. The lowest BCUT2D eigenvalue weighted by Crippen LogP contribution is -2.31. The van der Waals surface area contributed by atoms with Gasteiger partial charge >= 0.3 is 0 Å². The van der Waals surface area contributed by atoms with Crippen LogP contribution in [-0.2, 0) is 19.7 Å². The molecule has 0 bridgehead atoms. The first-order valence-corrected chi connectivity index (χ1v) is 11.6. The van der Waals surface area contributed by atoms with Gasteiger partial charge in [-0.05, 0) is 43.7 Å². The monoisotopic (exact) mass is 449 g/mol. The van der Waals surface area contributed by atoms with Crippen LogP contribution in [0.25, 0.3) is 5.76 Å². The third-order valence-electron chi connectivity index (χ3n) is 5.95. The Kier molecular flexibility index (Phi) is 7.43. The first-order chi connectivity index (χ1) is 15.5. The van der Waals surface area contributed by atoms with Gasteiger partial charge < -0.3 is 14.7 Å². The lowest BCUT2D eigenvalue weighted by Gasteiger charge is -2.26. The van der Waals surface area contributed by atoms with E-state index in [9.17, 15) is 14.7 Å². The van der Waals surface area contributed by atoms with Crippen molar-refractivity contribution in [1.29, 1.82) is 0 Å². The van der Waals surface area contributed by atoms with Crippen molar-refractivity contribution in [3.63, 3.8) is 0 Å². The number of Topliss-reactive ketones (excluding diaryl/α,β-unsaturated/α-hetero) is 1. The summed E-state index contributed by atoms with van der Waals surface area (Å²) >= 11 is 0. The zero-order chi connectivity index (χ0) is 24.3. The Morgan fingerprint density at radius 2 is 1.64 bits per heavy atom. The number of benzene rings is 2. The minimum atomic E-state index is -0.650.